The number of halogens is 2. The van der Waals surface area contributed by atoms with Crippen molar-refractivity contribution in [1.82, 2.24) is 9.80 Å². The highest BCUT2D eigenvalue weighted by Crippen LogP contribution is 2.18. The molecule has 4 amide bonds. The van der Waals surface area contributed by atoms with Crippen molar-refractivity contribution in [3.05, 3.63) is 29.8 Å². The Hall–Kier alpha value is -3.04. The summed E-state index contributed by atoms with van der Waals surface area (Å²) >= 11 is 0. The number of ether oxygens (including phenoxy) is 1. The van der Waals surface area contributed by atoms with E-state index >= 15 is 0 Å². The molecule has 0 bridgehead atoms. The van der Waals surface area contributed by atoms with Crippen molar-refractivity contribution in [2.24, 2.45) is 0 Å². The van der Waals surface area contributed by atoms with E-state index in [4.69, 9.17) is 4.74 Å². The van der Waals surface area contributed by atoms with Gasteiger partial charge < -0.3 is 15.0 Å². The minimum atomic E-state index is -1.39. The molecule has 0 unspecified atom stereocenters. The molecule has 0 saturated carbocycles. The van der Waals surface area contributed by atoms with Crippen LogP contribution in [0.1, 0.15) is 6.92 Å². The molecule has 0 spiro atoms. The Labute approximate surface area is 141 Å². The van der Waals surface area contributed by atoms with E-state index in [9.17, 15) is 28.0 Å². The third-order valence-corrected chi connectivity index (χ3v) is 3.41. The highest BCUT2D eigenvalue weighted by atomic mass is 19.1. The zero-order valence-electron chi connectivity index (χ0n) is 13.4. The molecular formula is C15H15F2N3O5. The first-order valence-corrected chi connectivity index (χ1v) is 7.20. The molecule has 1 aliphatic heterocycles. The molecular weight excluding hydrogens is 340 g/mol. The zero-order valence-corrected chi connectivity index (χ0v) is 13.4. The summed E-state index contributed by atoms with van der Waals surface area (Å²) in [6.45, 7) is 0.369. The Morgan fingerprint density at radius 2 is 1.88 bits per heavy atom. The Kier molecular flexibility index (Phi) is 5.30. The topological polar surface area (TPSA) is 96.0 Å². The van der Waals surface area contributed by atoms with E-state index in [-0.39, 0.29) is 6.54 Å². The van der Waals surface area contributed by atoms with Crippen LogP contribution in [0.2, 0.25) is 0 Å². The molecule has 0 aliphatic carbocycles. The highest BCUT2D eigenvalue weighted by Gasteiger charge is 2.35. The van der Waals surface area contributed by atoms with Crippen molar-refractivity contribution in [3.8, 4) is 0 Å². The van der Waals surface area contributed by atoms with E-state index in [1.165, 1.54) is 14.0 Å². The summed E-state index contributed by atoms with van der Waals surface area (Å²) in [6.07, 6.45) is -1.39. The summed E-state index contributed by atoms with van der Waals surface area (Å²) in [5.41, 5.74) is -0.665. The van der Waals surface area contributed by atoms with Gasteiger partial charge in [0.05, 0.1) is 0 Å². The van der Waals surface area contributed by atoms with Gasteiger partial charge in [0.2, 0.25) is 0 Å². The van der Waals surface area contributed by atoms with E-state index in [0.29, 0.717) is 4.90 Å². The number of carbonyl (C=O) groups excluding carboxylic acids is 4. The predicted octanol–water partition coefficient (Wildman–Crippen LogP) is 0.729. The van der Waals surface area contributed by atoms with Crippen LogP contribution in [-0.4, -0.2) is 59.9 Å². The van der Waals surface area contributed by atoms with Crippen molar-refractivity contribution in [1.29, 1.82) is 0 Å². The Balaban J connectivity index is 1.94. The second kappa shape index (κ2) is 7.24. The first-order valence-electron chi connectivity index (χ1n) is 7.20. The Bertz CT molecular complexity index is 720. The Morgan fingerprint density at radius 1 is 1.28 bits per heavy atom. The third kappa shape index (κ3) is 4.08. The second-order valence-electron chi connectivity index (χ2n) is 5.34. The summed E-state index contributed by atoms with van der Waals surface area (Å²) in [4.78, 5) is 48.7. The van der Waals surface area contributed by atoms with Crippen molar-refractivity contribution >= 4 is 29.5 Å². The first-order chi connectivity index (χ1) is 11.7. The van der Waals surface area contributed by atoms with Crippen molar-refractivity contribution in [2.45, 2.75) is 13.0 Å². The maximum atomic E-state index is 13.5. The number of carbonyl (C=O) groups is 4. The second-order valence-corrected chi connectivity index (χ2v) is 5.34. The number of hydrogen-bond acceptors (Lipinski definition) is 5. The number of nitrogens with zero attached hydrogens (tertiary/aromatic N) is 2. The lowest BCUT2D eigenvalue weighted by atomic mass is 10.2. The van der Waals surface area contributed by atoms with E-state index in [0.717, 1.165) is 23.1 Å². The number of nitrogens with one attached hydrogen (secondary N) is 1. The summed E-state index contributed by atoms with van der Waals surface area (Å²) in [7, 11) is 1.39. The van der Waals surface area contributed by atoms with Gasteiger partial charge in [-0.15, -0.1) is 0 Å². The molecule has 134 valence electrons. The van der Waals surface area contributed by atoms with Gasteiger partial charge in [0.25, 0.3) is 11.8 Å². The van der Waals surface area contributed by atoms with Gasteiger partial charge in [-0.05, 0) is 19.1 Å². The summed E-state index contributed by atoms with van der Waals surface area (Å²) in [5, 5.41) is 1.98. The van der Waals surface area contributed by atoms with Crippen molar-refractivity contribution in [2.75, 3.05) is 25.5 Å². The molecule has 1 aliphatic rings. The van der Waals surface area contributed by atoms with Gasteiger partial charge in [-0.25, -0.2) is 13.6 Å². The molecule has 1 fully saturated rings. The molecule has 1 aromatic carbocycles. The van der Waals surface area contributed by atoms with Gasteiger partial charge in [-0.1, -0.05) is 6.07 Å². The van der Waals surface area contributed by atoms with Crippen molar-refractivity contribution in [3.63, 3.8) is 0 Å². The minimum Gasteiger partial charge on any atom is -0.451 e. The first kappa shape index (κ1) is 18.3. The number of amides is 4. The van der Waals surface area contributed by atoms with E-state index in [1.807, 2.05) is 5.32 Å². The third-order valence-electron chi connectivity index (χ3n) is 3.41. The van der Waals surface area contributed by atoms with Gasteiger partial charge >= 0.3 is 12.0 Å². The SMILES string of the molecule is C[C@@H](OC(=O)CN1C(=O)CN(C)C1=O)C(=O)Nc1c(F)cccc1F. The number of benzene rings is 1. The zero-order chi connectivity index (χ0) is 18.7. The standard InChI is InChI=1S/C15H15F2N3O5/c1-8(14(23)18-13-9(16)4-3-5-10(13)17)25-12(22)7-20-11(21)6-19(2)15(20)24/h3-5,8H,6-7H2,1-2H3,(H,18,23)/t8-/m1/s1. The van der Waals surface area contributed by atoms with Gasteiger partial charge in [-0.3, -0.25) is 19.3 Å². The number of esters is 1. The largest absolute Gasteiger partial charge is 0.451 e. The quantitative estimate of drug-likeness (QED) is 0.620. The molecule has 0 radical (unpaired) electrons. The fraction of sp³-hybridized carbons (Fsp3) is 0.333. The van der Waals surface area contributed by atoms with Gasteiger partial charge in [0, 0.05) is 7.05 Å². The van der Waals surface area contributed by atoms with Crippen LogP contribution in [0.5, 0.6) is 0 Å². The van der Waals surface area contributed by atoms with Crippen LogP contribution in [0.3, 0.4) is 0 Å². The van der Waals surface area contributed by atoms with Gasteiger partial charge in [0.1, 0.15) is 30.4 Å². The normalized spacial score (nSPS) is 15.4. The van der Waals surface area contributed by atoms with Crippen LogP contribution in [0.25, 0.3) is 0 Å². The Morgan fingerprint density at radius 3 is 2.40 bits per heavy atom. The number of para-hydroxylation sites is 1. The molecule has 25 heavy (non-hydrogen) atoms. The molecule has 8 nitrogen and oxygen atoms in total. The molecule has 1 saturated heterocycles. The van der Waals surface area contributed by atoms with E-state index in [1.54, 1.807) is 0 Å². The smallest absolute Gasteiger partial charge is 0.327 e. The van der Waals surface area contributed by atoms with E-state index in [2.05, 4.69) is 0 Å². The fourth-order valence-corrected chi connectivity index (χ4v) is 2.08. The monoisotopic (exact) mass is 355 g/mol. The lowest BCUT2D eigenvalue weighted by Crippen LogP contribution is -2.39. The van der Waals surface area contributed by atoms with Crippen LogP contribution in [0.15, 0.2) is 18.2 Å². The lowest BCUT2D eigenvalue weighted by molar-refractivity contribution is -0.154. The highest BCUT2D eigenvalue weighted by molar-refractivity contribution is 6.04. The number of urea groups is 1. The maximum Gasteiger partial charge on any atom is 0.327 e. The molecule has 1 heterocycles. The van der Waals surface area contributed by atoms with Crippen LogP contribution in [0, 0.1) is 11.6 Å². The van der Waals surface area contributed by atoms with Crippen LogP contribution in [-0.2, 0) is 19.1 Å². The average Bonchev–Trinajstić information content (AvgIpc) is 2.77. The molecule has 0 aromatic heterocycles. The van der Waals surface area contributed by atoms with Gasteiger partial charge in [-0.2, -0.15) is 0 Å². The average molecular weight is 355 g/mol. The number of hydrogen-bond donors (Lipinski definition) is 1. The van der Waals surface area contributed by atoms with Crippen LogP contribution in [0.4, 0.5) is 19.3 Å². The molecule has 1 atom stereocenters. The fourth-order valence-electron chi connectivity index (χ4n) is 2.08. The molecule has 2 rings (SSSR count). The predicted molar refractivity (Wildman–Crippen MR) is 80.3 cm³/mol. The van der Waals surface area contributed by atoms with E-state index < -0.39 is 53.8 Å². The summed E-state index contributed by atoms with van der Waals surface area (Å²) in [6, 6.07) is 2.38. The summed E-state index contributed by atoms with van der Waals surface area (Å²) in [5.74, 6) is -4.51. The van der Waals surface area contributed by atoms with Crippen LogP contribution < -0.4 is 5.32 Å². The number of imide groups is 1. The molecule has 1 N–H and O–H groups in total. The van der Waals surface area contributed by atoms with Crippen molar-refractivity contribution < 1.29 is 32.7 Å². The number of likely N-dealkylation sites (N-methyl/N-ethyl adjacent to an activating group) is 1. The maximum absolute atomic E-state index is 13.5. The van der Waals surface area contributed by atoms with Gasteiger partial charge in [0.15, 0.2) is 6.10 Å². The minimum absolute atomic E-state index is 0.158. The molecule has 10 heteroatoms. The summed E-state index contributed by atoms with van der Waals surface area (Å²) < 4.78 is 31.8. The van der Waals surface area contributed by atoms with Crippen LogP contribution >= 0.6 is 0 Å². The number of anilines is 1. The lowest BCUT2D eigenvalue weighted by Gasteiger charge is -2.17. The molecule has 1 aromatic rings. The number of rotatable bonds is 5.